The molecule has 5 N–H and O–H groups in total. The number of nitrogen functional groups attached to an aromatic ring is 1. The molecule has 4 rings (SSSR count). The molecule has 0 bridgehead atoms. The van der Waals surface area contributed by atoms with Crippen LogP contribution in [0, 0.1) is 0 Å². The van der Waals surface area contributed by atoms with Crippen molar-refractivity contribution in [2.24, 2.45) is 0 Å². The third-order valence-corrected chi connectivity index (χ3v) is 6.92. The molecule has 0 saturated carbocycles. The van der Waals surface area contributed by atoms with Crippen molar-refractivity contribution in [1.82, 2.24) is 29.7 Å². The number of nitrogens with zero attached hydrogens (tertiary/aromatic N) is 4. The number of aryl methyl sites for hydroxylation is 1. The van der Waals surface area contributed by atoms with E-state index in [-0.39, 0.29) is 35.9 Å². The van der Waals surface area contributed by atoms with Gasteiger partial charge < -0.3 is 25.9 Å². The molecular weight excluding hydrogens is 474 g/mol. The number of aromatic nitrogens is 4. The topological polar surface area (TPSA) is 151 Å². The molecule has 200 valence electrons. The van der Waals surface area contributed by atoms with Gasteiger partial charge >= 0.3 is 17.7 Å². The molecule has 1 aromatic carbocycles. The number of hydrogen-bond acceptors (Lipinski definition) is 8. The van der Waals surface area contributed by atoms with Crippen LogP contribution in [0.15, 0.2) is 35.1 Å². The number of benzene rings is 1. The van der Waals surface area contributed by atoms with Gasteiger partial charge in [0, 0.05) is 38.1 Å². The quantitative estimate of drug-likeness (QED) is 0.253. The lowest BCUT2D eigenvalue weighted by Gasteiger charge is -2.40. The van der Waals surface area contributed by atoms with E-state index in [1.54, 1.807) is 4.57 Å². The normalized spacial score (nSPS) is 17.2. The molecule has 37 heavy (non-hydrogen) atoms. The van der Waals surface area contributed by atoms with Crippen molar-refractivity contribution >= 4 is 23.0 Å². The second kappa shape index (κ2) is 12.7. The molecule has 1 saturated heterocycles. The summed E-state index contributed by atoms with van der Waals surface area (Å²) in [6.45, 7) is 6.32. The predicted octanol–water partition coefficient (Wildman–Crippen LogP) is 2.19. The van der Waals surface area contributed by atoms with E-state index in [0.717, 1.165) is 57.4 Å². The average molecular weight is 512 g/mol. The molecule has 3 aromatic rings. The lowest BCUT2D eigenvalue weighted by Crippen LogP contribution is -2.54. The van der Waals surface area contributed by atoms with Gasteiger partial charge in [-0.2, -0.15) is 9.97 Å². The summed E-state index contributed by atoms with van der Waals surface area (Å²) in [6, 6.07) is 10.2. The van der Waals surface area contributed by atoms with Crippen molar-refractivity contribution in [1.29, 1.82) is 0 Å². The molecule has 1 aliphatic heterocycles. The zero-order valence-electron chi connectivity index (χ0n) is 21.4. The molecule has 2 aromatic heterocycles. The third kappa shape index (κ3) is 6.66. The minimum atomic E-state index is -0.794. The van der Waals surface area contributed by atoms with E-state index in [0.29, 0.717) is 24.3 Å². The van der Waals surface area contributed by atoms with Crippen LogP contribution in [0.5, 0.6) is 6.01 Å². The SMILES string of the molecule is CCCCOc1nc(N)c2[nH]c(=O)n(CCCCN3CCNCC3C(CC(=O)O)c3ccccc3)c2n1. The maximum absolute atomic E-state index is 12.6. The molecule has 11 nitrogen and oxygen atoms in total. The number of imidazole rings is 1. The highest BCUT2D eigenvalue weighted by Gasteiger charge is 2.32. The highest BCUT2D eigenvalue weighted by atomic mass is 16.5. The average Bonchev–Trinajstić information content (AvgIpc) is 3.21. The van der Waals surface area contributed by atoms with Crippen molar-refractivity contribution in [3.63, 3.8) is 0 Å². The van der Waals surface area contributed by atoms with Gasteiger partial charge in [-0.1, -0.05) is 43.7 Å². The van der Waals surface area contributed by atoms with Crippen molar-refractivity contribution < 1.29 is 14.6 Å². The van der Waals surface area contributed by atoms with Gasteiger partial charge in [0.2, 0.25) is 0 Å². The maximum atomic E-state index is 12.6. The van der Waals surface area contributed by atoms with E-state index >= 15 is 0 Å². The minimum absolute atomic E-state index is 0.0819. The molecule has 3 heterocycles. The molecule has 11 heteroatoms. The number of aromatic amines is 1. The first-order valence-corrected chi connectivity index (χ1v) is 13.1. The van der Waals surface area contributed by atoms with Crippen LogP contribution in [0.4, 0.5) is 5.82 Å². The number of nitrogens with two attached hydrogens (primary N) is 1. The third-order valence-electron chi connectivity index (χ3n) is 6.92. The Morgan fingerprint density at radius 2 is 2.00 bits per heavy atom. The number of unbranched alkanes of at least 4 members (excludes halogenated alkanes) is 2. The Bertz CT molecular complexity index is 1230. The second-order valence-electron chi connectivity index (χ2n) is 9.50. The van der Waals surface area contributed by atoms with Gasteiger partial charge in [0.05, 0.1) is 13.0 Å². The van der Waals surface area contributed by atoms with Crippen LogP contribution >= 0.6 is 0 Å². The van der Waals surface area contributed by atoms with Crippen molar-refractivity contribution in [2.45, 2.75) is 57.5 Å². The molecule has 0 aliphatic carbocycles. The zero-order chi connectivity index (χ0) is 26.2. The maximum Gasteiger partial charge on any atom is 0.327 e. The van der Waals surface area contributed by atoms with Crippen LogP contribution in [0.25, 0.3) is 11.2 Å². The summed E-state index contributed by atoms with van der Waals surface area (Å²) in [5, 5.41) is 13.0. The lowest BCUT2D eigenvalue weighted by atomic mass is 9.86. The largest absolute Gasteiger partial charge is 0.481 e. The van der Waals surface area contributed by atoms with Gasteiger partial charge in [-0.05, 0) is 31.4 Å². The van der Waals surface area contributed by atoms with Gasteiger partial charge in [-0.15, -0.1) is 0 Å². The van der Waals surface area contributed by atoms with E-state index < -0.39 is 5.97 Å². The molecule has 2 unspecified atom stereocenters. The molecule has 1 fully saturated rings. The lowest BCUT2D eigenvalue weighted by molar-refractivity contribution is -0.137. The summed E-state index contributed by atoms with van der Waals surface area (Å²) in [7, 11) is 0. The fraction of sp³-hybridized carbons (Fsp3) is 0.538. The van der Waals surface area contributed by atoms with E-state index in [9.17, 15) is 14.7 Å². The van der Waals surface area contributed by atoms with Crippen LogP contribution < -0.4 is 21.5 Å². The summed E-state index contributed by atoms with van der Waals surface area (Å²) >= 11 is 0. The van der Waals surface area contributed by atoms with Crippen LogP contribution in [-0.4, -0.2) is 74.3 Å². The molecule has 0 amide bonds. The van der Waals surface area contributed by atoms with Crippen LogP contribution in [0.3, 0.4) is 0 Å². The summed E-state index contributed by atoms with van der Waals surface area (Å²) in [6.07, 6.45) is 3.56. The first kappa shape index (κ1) is 26.6. The van der Waals surface area contributed by atoms with Crippen molar-refractivity contribution in [3.05, 3.63) is 46.4 Å². The number of nitrogens with one attached hydrogen (secondary N) is 2. The summed E-state index contributed by atoms with van der Waals surface area (Å²) < 4.78 is 7.21. The standard InChI is InChI=1S/C26H37N7O4/c1-2-3-15-37-25-30-23(27)22-24(31-25)33(26(36)29-22)13-8-7-12-32-14-11-28-17-20(32)19(16-21(34)35)18-9-5-4-6-10-18/h4-6,9-10,19-20,28H,2-3,7-8,11-17H2,1H3,(H,29,36)(H,34,35)(H2,27,30,31). The second-order valence-corrected chi connectivity index (χ2v) is 9.50. The fourth-order valence-electron chi connectivity index (χ4n) is 5.00. The van der Waals surface area contributed by atoms with Gasteiger partial charge in [0.1, 0.15) is 5.52 Å². The van der Waals surface area contributed by atoms with Crippen molar-refractivity contribution in [2.75, 3.05) is 38.5 Å². The Kier molecular flexibility index (Phi) is 9.13. The van der Waals surface area contributed by atoms with Gasteiger partial charge in [0.25, 0.3) is 0 Å². The van der Waals surface area contributed by atoms with E-state index in [4.69, 9.17) is 10.5 Å². The highest BCUT2D eigenvalue weighted by Crippen LogP contribution is 2.28. The van der Waals surface area contributed by atoms with Crippen LogP contribution in [0.1, 0.15) is 50.5 Å². The Balaban J connectivity index is 1.42. The Morgan fingerprint density at radius 1 is 1.22 bits per heavy atom. The monoisotopic (exact) mass is 511 g/mol. The Morgan fingerprint density at radius 3 is 2.76 bits per heavy atom. The number of carboxylic acids is 1. The number of anilines is 1. The summed E-state index contributed by atoms with van der Waals surface area (Å²) in [5.74, 6) is -0.702. The van der Waals surface area contributed by atoms with E-state index in [2.05, 4.69) is 32.1 Å². The Labute approximate surface area is 216 Å². The number of piperazine rings is 1. The number of hydrogen-bond donors (Lipinski definition) is 4. The number of carboxylic acid groups (broad SMARTS) is 1. The number of rotatable bonds is 13. The van der Waals surface area contributed by atoms with Gasteiger partial charge in [-0.25, -0.2) is 4.79 Å². The number of carbonyl (C=O) groups is 1. The van der Waals surface area contributed by atoms with E-state index in [1.165, 1.54) is 0 Å². The molecule has 0 spiro atoms. The van der Waals surface area contributed by atoms with Gasteiger partial charge in [0.15, 0.2) is 11.5 Å². The minimum Gasteiger partial charge on any atom is -0.481 e. The first-order chi connectivity index (χ1) is 18.0. The van der Waals surface area contributed by atoms with Crippen molar-refractivity contribution in [3.8, 4) is 6.01 Å². The zero-order valence-corrected chi connectivity index (χ0v) is 21.4. The predicted molar refractivity (Wildman–Crippen MR) is 142 cm³/mol. The smallest absolute Gasteiger partial charge is 0.327 e. The first-order valence-electron chi connectivity index (χ1n) is 13.1. The van der Waals surface area contributed by atoms with Crippen LogP contribution in [-0.2, 0) is 11.3 Å². The molecule has 1 aliphatic rings. The number of H-pyrrole nitrogens is 1. The van der Waals surface area contributed by atoms with Crippen LogP contribution in [0.2, 0.25) is 0 Å². The molecular formula is C26H37N7O4. The molecule has 2 atom stereocenters. The van der Waals surface area contributed by atoms with E-state index in [1.807, 2.05) is 30.3 Å². The number of ether oxygens (including phenoxy) is 1. The Hall–Kier alpha value is -3.44. The van der Waals surface area contributed by atoms with Gasteiger partial charge in [-0.3, -0.25) is 14.3 Å². The summed E-state index contributed by atoms with van der Waals surface area (Å²) in [4.78, 5) is 38.1. The fourth-order valence-corrected chi connectivity index (χ4v) is 5.00. The number of aliphatic carboxylic acids is 1. The summed E-state index contributed by atoms with van der Waals surface area (Å²) in [5.41, 5.74) is 7.71. The highest BCUT2D eigenvalue weighted by molar-refractivity contribution is 5.81. The number of fused-ring (bicyclic) bond motifs is 1. The molecule has 0 radical (unpaired) electrons.